The zero-order valence-electron chi connectivity index (χ0n) is 12.5. The molecule has 1 fully saturated rings. The van der Waals surface area contributed by atoms with Crippen LogP contribution in [-0.4, -0.2) is 28.1 Å². The molecule has 2 atom stereocenters. The number of imidazole rings is 1. The van der Waals surface area contributed by atoms with Gasteiger partial charge in [0.25, 0.3) is 0 Å². The van der Waals surface area contributed by atoms with Crippen LogP contribution in [0, 0.1) is 5.92 Å². The second-order valence-electron chi connectivity index (χ2n) is 6.60. The molecule has 1 N–H and O–H groups in total. The summed E-state index contributed by atoms with van der Waals surface area (Å²) in [4.78, 5) is 4.70. The maximum Gasteiger partial charge on any atom is 0.137 e. The molecule has 4 heteroatoms. The fraction of sp³-hybridized carbons (Fsp3) is 0.562. The van der Waals surface area contributed by atoms with E-state index < -0.39 is 0 Å². The molecule has 1 aliphatic heterocycles. The van der Waals surface area contributed by atoms with Crippen LogP contribution in [0.25, 0.3) is 5.65 Å². The third-order valence-corrected chi connectivity index (χ3v) is 3.78. The van der Waals surface area contributed by atoms with Gasteiger partial charge in [-0.3, -0.25) is 0 Å². The minimum Gasteiger partial charge on any atom is -0.371 e. The summed E-state index contributed by atoms with van der Waals surface area (Å²) in [5.74, 6) is 0.499. The summed E-state index contributed by atoms with van der Waals surface area (Å²) in [6, 6.07) is 6.06. The van der Waals surface area contributed by atoms with E-state index in [1.54, 1.807) is 0 Å². The van der Waals surface area contributed by atoms with Crippen LogP contribution >= 0.6 is 0 Å². The highest BCUT2D eigenvalue weighted by Gasteiger charge is 2.32. The number of aromatic nitrogens is 2. The fourth-order valence-electron chi connectivity index (χ4n) is 2.70. The smallest absolute Gasteiger partial charge is 0.137 e. The molecule has 20 heavy (non-hydrogen) atoms. The van der Waals surface area contributed by atoms with E-state index in [9.17, 15) is 0 Å². The molecule has 1 saturated heterocycles. The van der Waals surface area contributed by atoms with Crippen molar-refractivity contribution in [1.82, 2.24) is 14.7 Å². The summed E-state index contributed by atoms with van der Waals surface area (Å²) >= 11 is 0. The van der Waals surface area contributed by atoms with Gasteiger partial charge in [0.2, 0.25) is 0 Å². The van der Waals surface area contributed by atoms with Crippen LogP contribution in [0.15, 0.2) is 30.6 Å². The number of hydrogen-bond donors (Lipinski definition) is 1. The highest BCUT2D eigenvalue weighted by atomic mass is 16.5. The molecule has 0 aromatic carbocycles. The number of pyridine rings is 1. The Morgan fingerprint density at radius 3 is 3.00 bits per heavy atom. The normalized spacial score (nSPS) is 23.6. The Morgan fingerprint density at radius 1 is 1.40 bits per heavy atom. The number of nitrogens with zero attached hydrogens (tertiary/aromatic N) is 2. The van der Waals surface area contributed by atoms with E-state index in [0.29, 0.717) is 5.92 Å². The third-order valence-electron chi connectivity index (χ3n) is 3.78. The second-order valence-corrected chi connectivity index (χ2v) is 6.60. The predicted molar refractivity (Wildman–Crippen MR) is 79.7 cm³/mol. The molecule has 0 saturated carbocycles. The summed E-state index contributed by atoms with van der Waals surface area (Å²) in [6.45, 7) is 8.39. The second kappa shape index (κ2) is 5.19. The number of nitrogens with one attached hydrogen (secondary N) is 1. The summed E-state index contributed by atoms with van der Waals surface area (Å²) in [5, 5.41) is 3.58. The molecule has 2 aromatic rings. The van der Waals surface area contributed by atoms with Gasteiger partial charge in [0.1, 0.15) is 11.8 Å². The highest BCUT2D eigenvalue weighted by Crippen LogP contribution is 2.33. The van der Waals surface area contributed by atoms with E-state index in [-0.39, 0.29) is 11.6 Å². The first kappa shape index (κ1) is 13.6. The Balaban J connectivity index is 1.77. The lowest BCUT2D eigenvalue weighted by Gasteiger charge is -2.25. The van der Waals surface area contributed by atoms with E-state index >= 15 is 0 Å². The van der Waals surface area contributed by atoms with Gasteiger partial charge in [0.15, 0.2) is 0 Å². The first-order chi connectivity index (χ1) is 9.53. The lowest BCUT2D eigenvalue weighted by atomic mass is 9.97. The Hall–Kier alpha value is -1.39. The lowest BCUT2D eigenvalue weighted by molar-refractivity contribution is 0.0859. The molecule has 3 rings (SSSR count). The molecule has 3 heterocycles. The molecule has 0 radical (unpaired) electrons. The van der Waals surface area contributed by atoms with E-state index in [2.05, 4.69) is 36.7 Å². The molecule has 1 aliphatic rings. The topological polar surface area (TPSA) is 38.6 Å². The van der Waals surface area contributed by atoms with Gasteiger partial charge in [-0.1, -0.05) is 6.07 Å². The number of hydrogen-bond acceptors (Lipinski definition) is 3. The average Bonchev–Trinajstić information content (AvgIpc) is 3.01. The van der Waals surface area contributed by atoms with Crippen LogP contribution in [0.4, 0.5) is 0 Å². The van der Waals surface area contributed by atoms with Gasteiger partial charge in [-0.2, -0.15) is 0 Å². The van der Waals surface area contributed by atoms with E-state index in [4.69, 9.17) is 9.72 Å². The standard InChI is InChI=1S/C16H23N3O/c1-16(2,3)17-10-12-7-9-20-15(12)13-11-19-8-5-4-6-14(19)18-13/h4-6,8,11-12,15,17H,7,9-10H2,1-3H3. The van der Waals surface area contributed by atoms with Crippen molar-refractivity contribution in [2.24, 2.45) is 5.92 Å². The third kappa shape index (κ3) is 2.86. The zero-order chi connectivity index (χ0) is 14.2. The van der Waals surface area contributed by atoms with Crippen molar-refractivity contribution in [3.8, 4) is 0 Å². The van der Waals surface area contributed by atoms with Crippen molar-refractivity contribution in [3.63, 3.8) is 0 Å². The lowest BCUT2D eigenvalue weighted by Crippen LogP contribution is -2.39. The van der Waals surface area contributed by atoms with Crippen molar-refractivity contribution >= 4 is 5.65 Å². The van der Waals surface area contributed by atoms with Crippen LogP contribution in [0.1, 0.15) is 39.0 Å². The minimum atomic E-state index is 0.116. The predicted octanol–water partition coefficient (Wildman–Crippen LogP) is 2.80. The van der Waals surface area contributed by atoms with Crippen molar-refractivity contribution in [2.75, 3.05) is 13.2 Å². The molecule has 0 spiro atoms. The Morgan fingerprint density at radius 2 is 2.25 bits per heavy atom. The van der Waals surface area contributed by atoms with Gasteiger partial charge in [0.05, 0.1) is 5.69 Å². The number of ether oxygens (including phenoxy) is 1. The van der Waals surface area contributed by atoms with Crippen LogP contribution < -0.4 is 5.32 Å². The van der Waals surface area contributed by atoms with Crippen molar-refractivity contribution < 1.29 is 4.74 Å². The maximum atomic E-state index is 5.93. The van der Waals surface area contributed by atoms with Crippen molar-refractivity contribution in [3.05, 3.63) is 36.3 Å². The molecular formula is C16H23N3O. The summed E-state index contributed by atoms with van der Waals surface area (Å²) in [5.41, 5.74) is 2.18. The van der Waals surface area contributed by atoms with E-state index in [0.717, 1.165) is 30.9 Å². The van der Waals surface area contributed by atoms with E-state index in [1.807, 2.05) is 24.4 Å². The molecule has 108 valence electrons. The van der Waals surface area contributed by atoms with Gasteiger partial charge >= 0.3 is 0 Å². The molecule has 0 aliphatic carbocycles. The first-order valence-electron chi connectivity index (χ1n) is 7.33. The Bertz CT molecular complexity index is 552. The van der Waals surface area contributed by atoms with E-state index in [1.165, 1.54) is 0 Å². The van der Waals surface area contributed by atoms with Gasteiger partial charge in [-0.15, -0.1) is 0 Å². The van der Waals surface area contributed by atoms with Crippen LogP contribution in [0.5, 0.6) is 0 Å². The van der Waals surface area contributed by atoms with Crippen molar-refractivity contribution in [2.45, 2.75) is 38.8 Å². The van der Waals surface area contributed by atoms with Gasteiger partial charge in [-0.05, 0) is 39.3 Å². The molecule has 4 nitrogen and oxygen atoms in total. The van der Waals surface area contributed by atoms with Gasteiger partial charge in [-0.25, -0.2) is 4.98 Å². The molecule has 0 bridgehead atoms. The molecule has 2 aromatic heterocycles. The monoisotopic (exact) mass is 273 g/mol. The SMILES string of the molecule is CC(C)(C)NCC1CCOC1c1cn2ccccc2n1. The maximum absolute atomic E-state index is 5.93. The Kier molecular flexibility index (Phi) is 3.52. The number of rotatable bonds is 3. The van der Waals surface area contributed by atoms with Crippen molar-refractivity contribution in [1.29, 1.82) is 0 Å². The van der Waals surface area contributed by atoms with Crippen LogP contribution in [-0.2, 0) is 4.74 Å². The van der Waals surface area contributed by atoms with Crippen LogP contribution in [0.2, 0.25) is 0 Å². The van der Waals surface area contributed by atoms with Gasteiger partial charge < -0.3 is 14.5 Å². The first-order valence-corrected chi connectivity index (χ1v) is 7.33. The quantitative estimate of drug-likeness (QED) is 0.934. The molecule has 0 amide bonds. The molecular weight excluding hydrogens is 250 g/mol. The Labute approximate surface area is 120 Å². The zero-order valence-corrected chi connectivity index (χ0v) is 12.5. The average molecular weight is 273 g/mol. The summed E-state index contributed by atoms with van der Waals surface area (Å²) in [7, 11) is 0. The summed E-state index contributed by atoms with van der Waals surface area (Å²) in [6.07, 6.45) is 5.34. The molecule has 2 unspecified atom stereocenters. The van der Waals surface area contributed by atoms with Crippen LogP contribution in [0.3, 0.4) is 0 Å². The fourth-order valence-corrected chi connectivity index (χ4v) is 2.70. The number of fused-ring (bicyclic) bond motifs is 1. The highest BCUT2D eigenvalue weighted by molar-refractivity contribution is 5.40. The minimum absolute atomic E-state index is 0.116. The summed E-state index contributed by atoms with van der Waals surface area (Å²) < 4.78 is 7.99. The van der Waals surface area contributed by atoms with Gasteiger partial charge in [0, 0.05) is 37.0 Å². The largest absolute Gasteiger partial charge is 0.371 e.